The molecule has 0 unspecified atom stereocenters. The first kappa shape index (κ1) is 10.6. The van der Waals surface area contributed by atoms with Crippen molar-refractivity contribution in [3.05, 3.63) is 21.9 Å². The average Bonchev–Trinajstić information content (AvgIpc) is 2.84. The van der Waals surface area contributed by atoms with E-state index in [2.05, 4.69) is 5.48 Å². The van der Waals surface area contributed by atoms with Crippen LogP contribution < -0.4 is 5.48 Å². The standard InChI is InChI=1S/C11H15NO2S/c1-8-6-7-10(15-8)11(13)12-14-9-4-2-3-5-9/h6-7,9H,2-5H2,1H3,(H,12,13). The molecule has 1 heterocycles. The van der Waals surface area contributed by atoms with E-state index in [-0.39, 0.29) is 12.0 Å². The summed E-state index contributed by atoms with van der Waals surface area (Å²) in [6, 6.07) is 3.77. The van der Waals surface area contributed by atoms with E-state index in [9.17, 15) is 4.79 Å². The van der Waals surface area contributed by atoms with E-state index >= 15 is 0 Å². The molecule has 1 aliphatic carbocycles. The SMILES string of the molecule is Cc1ccc(C(=O)NOC2CCCC2)s1. The van der Waals surface area contributed by atoms with E-state index in [4.69, 9.17) is 4.84 Å². The molecule has 1 fully saturated rings. The monoisotopic (exact) mass is 225 g/mol. The van der Waals surface area contributed by atoms with Gasteiger partial charge in [-0.2, -0.15) is 0 Å². The zero-order valence-electron chi connectivity index (χ0n) is 8.79. The molecule has 1 aliphatic rings. The lowest BCUT2D eigenvalue weighted by atomic mass is 10.3. The third kappa shape index (κ3) is 2.79. The minimum Gasteiger partial charge on any atom is -0.270 e. The maximum absolute atomic E-state index is 11.6. The second-order valence-corrected chi connectivity index (χ2v) is 5.15. The minimum atomic E-state index is -0.125. The molecule has 1 amide bonds. The number of carbonyl (C=O) groups excluding carboxylic acids is 1. The zero-order chi connectivity index (χ0) is 10.7. The number of aryl methyl sites for hydroxylation is 1. The summed E-state index contributed by atoms with van der Waals surface area (Å²) in [5.74, 6) is -0.125. The second kappa shape index (κ2) is 4.77. The van der Waals surface area contributed by atoms with Gasteiger partial charge in [-0.3, -0.25) is 9.63 Å². The molecule has 1 saturated carbocycles. The van der Waals surface area contributed by atoms with Crippen molar-refractivity contribution in [2.45, 2.75) is 38.7 Å². The number of hydrogen-bond donors (Lipinski definition) is 1. The maximum Gasteiger partial charge on any atom is 0.284 e. The Morgan fingerprint density at radius 2 is 2.20 bits per heavy atom. The molecule has 0 bridgehead atoms. The van der Waals surface area contributed by atoms with Crippen LogP contribution in [-0.2, 0) is 4.84 Å². The fourth-order valence-electron chi connectivity index (χ4n) is 1.75. The normalized spacial score (nSPS) is 16.9. The van der Waals surface area contributed by atoms with Crippen LogP contribution in [0.3, 0.4) is 0 Å². The van der Waals surface area contributed by atoms with E-state index in [1.165, 1.54) is 24.2 Å². The molecule has 1 aromatic heterocycles. The first-order valence-corrected chi connectivity index (χ1v) is 6.10. The lowest BCUT2D eigenvalue weighted by Crippen LogP contribution is -2.27. The van der Waals surface area contributed by atoms with E-state index in [1.807, 2.05) is 19.1 Å². The van der Waals surface area contributed by atoms with Crippen LogP contribution in [0, 0.1) is 6.92 Å². The van der Waals surface area contributed by atoms with E-state index in [0.717, 1.165) is 17.7 Å². The van der Waals surface area contributed by atoms with E-state index in [1.54, 1.807) is 0 Å². The summed E-state index contributed by atoms with van der Waals surface area (Å²) in [7, 11) is 0. The van der Waals surface area contributed by atoms with Crippen molar-refractivity contribution in [1.82, 2.24) is 5.48 Å². The van der Waals surface area contributed by atoms with Crippen LogP contribution in [0.1, 0.15) is 40.2 Å². The van der Waals surface area contributed by atoms with Gasteiger partial charge in [0.15, 0.2) is 0 Å². The number of thiophene rings is 1. The van der Waals surface area contributed by atoms with Crippen LogP contribution in [0.2, 0.25) is 0 Å². The van der Waals surface area contributed by atoms with Gasteiger partial charge in [-0.1, -0.05) is 12.8 Å². The van der Waals surface area contributed by atoms with E-state index < -0.39 is 0 Å². The number of amides is 1. The van der Waals surface area contributed by atoms with Crippen molar-refractivity contribution in [1.29, 1.82) is 0 Å². The topological polar surface area (TPSA) is 38.3 Å². The summed E-state index contributed by atoms with van der Waals surface area (Å²) < 4.78 is 0. The number of rotatable bonds is 3. The Morgan fingerprint density at radius 1 is 1.47 bits per heavy atom. The average molecular weight is 225 g/mol. The summed E-state index contributed by atoms with van der Waals surface area (Å²) in [6.45, 7) is 1.99. The predicted molar refractivity (Wildman–Crippen MR) is 59.9 cm³/mol. The Bertz CT molecular complexity index is 342. The van der Waals surface area contributed by atoms with Crippen LogP contribution in [0.25, 0.3) is 0 Å². The fraction of sp³-hybridized carbons (Fsp3) is 0.545. The van der Waals surface area contributed by atoms with Crippen molar-refractivity contribution < 1.29 is 9.63 Å². The predicted octanol–water partition coefficient (Wildman–Crippen LogP) is 2.66. The summed E-state index contributed by atoms with van der Waals surface area (Å²) in [5, 5.41) is 0. The molecule has 0 aromatic carbocycles. The Balaban J connectivity index is 1.81. The Kier molecular flexibility index (Phi) is 3.38. The molecule has 0 atom stereocenters. The highest BCUT2D eigenvalue weighted by molar-refractivity contribution is 7.13. The summed E-state index contributed by atoms with van der Waals surface area (Å²) in [6.07, 6.45) is 4.75. The Morgan fingerprint density at radius 3 is 2.80 bits per heavy atom. The van der Waals surface area contributed by atoms with Gasteiger partial charge < -0.3 is 0 Å². The van der Waals surface area contributed by atoms with Crippen molar-refractivity contribution in [3.63, 3.8) is 0 Å². The highest BCUT2D eigenvalue weighted by atomic mass is 32.1. The quantitative estimate of drug-likeness (QED) is 0.803. The molecule has 2 rings (SSSR count). The Hall–Kier alpha value is -0.870. The molecule has 82 valence electrons. The van der Waals surface area contributed by atoms with Gasteiger partial charge in [-0.05, 0) is 31.9 Å². The van der Waals surface area contributed by atoms with Crippen LogP contribution >= 0.6 is 11.3 Å². The molecule has 0 radical (unpaired) electrons. The first-order valence-electron chi connectivity index (χ1n) is 5.28. The smallest absolute Gasteiger partial charge is 0.270 e. The number of nitrogens with one attached hydrogen (secondary N) is 1. The summed E-state index contributed by atoms with van der Waals surface area (Å²) in [5.41, 5.74) is 2.53. The van der Waals surface area contributed by atoms with Crippen molar-refractivity contribution in [2.24, 2.45) is 0 Å². The largest absolute Gasteiger partial charge is 0.284 e. The molecular formula is C11H15NO2S. The summed E-state index contributed by atoms with van der Waals surface area (Å²) >= 11 is 1.49. The van der Waals surface area contributed by atoms with Gasteiger partial charge in [0, 0.05) is 4.88 Å². The number of hydrogen-bond acceptors (Lipinski definition) is 3. The molecule has 0 saturated heterocycles. The molecule has 4 heteroatoms. The van der Waals surface area contributed by atoms with Crippen molar-refractivity contribution >= 4 is 17.2 Å². The minimum absolute atomic E-state index is 0.125. The van der Waals surface area contributed by atoms with Crippen LogP contribution in [-0.4, -0.2) is 12.0 Å². The maximum atomic E-state index is 11.6. The third-order valence-electron chi connectivity index (χ3n) is 2.58. The van der Waals surface area contributed by atoms with Gasteiger partial charge in [-0.15, -0.1) is 11.3 Å². The van der Waals surface area contributed by atoms with Crippen molar-refractivity contribution in [3.8, 4) is 0 Å². The first-order chi connectivity index (χ1) is 7.25. The lowest BCUT2D eigenvalue weighted by molar-refractivity contribution is -0.0122. The van der Waals surface area contributed by atoms with Crippen LogP contribution in [0.5, 0.6) is 0 Å². The van der Waals surface area contributed by atoms with Crippen molar-refractivity contribution in [2.75, 3.05) is 0 Å². The zero-order valence-corrected chi connectivity index (χ0v) is 9.60. The number of hydroxylamine groups is 1. The van der Waals surface area contributed by atoms with Gasteiger partial charge >= 0.3 is 0 Å². The fourth-order valence-corrected chi connectivity index (χ4v) is 2.50. The molecule has 1 aromatic rings. The van der Waals surface area contributed by atoms with Gasteiger partial charge in [0.1, 0.15) is 0 Å². The second-order valence-electron chi connectivity index (χ2n) is 3.87. The molecular weight excluding hydrogens is 210 g/mol. The van der Waals surface area contributed by atoms with Crippen LogP contribution in [0.4, 0.5) is 0 Å². The molecule has 3 nitrogen and oxygen atoms in total. The lowest BCUT2D eigenvalue weighted by Gasteiger charge is -2.10. The Labute approximate surface area is 93.4 Å². The van der Waals surface area contributed by atoms with Gasteiger partial charge in [0.2, 0.25) is 0 Å². The third-order valence-corrected chi connectivity index (χ3v) is 3.58. The van der Waals surface area contributed by atoms with Crippen LogP contribution in [0.15, 0.2) is 12.1 Å². The summed E-state index contributed by atoms with van der Waals surface area (Å²) in [4.78, 5) is 18.8. The number of carbonyl (C=O) groups is 1. The molecule has 1 N–H and O–H groups in total. The van der Waals surface area contributed by atoms with Gasteiger partial charge in [0.05, 0.1) is 11.0 Å². The van der Waals surface area contributed by atoms with E-state index in [0.29, 0.717) is 4.88 Å². The molecule has 0 spiro atoms. The molecule has 15 heavy (non-hydrogen) atoms. The molecule has 0 aliphatic heterocycles. The highest BCUT2D eigenvalue weighted by Gasteiger charge is 2.17. The van der Waals surface area contributed by atoms with Gasteiger partial charge in [0.25, 0.3) is 5.91 Å². The highest BCUT2D eigenvalue weighted by Crippen LogP contribution is 2.20. The van der Waals surface area contributed by atoms with Gasteiger partial charge in [-0.25, -0.2) is 5.48 Å².